The summed E-state index contributed by atoms with van der Waals surface area (Å²) in [7, 11) is 0. The predicted octanol–water partition coefficient (Wildman–Crippen LogP) is -1.28. The molecule has 226 valence electrons. The molecule has 0 atom stereocenters. The standard InChI is InChI=1S/C25H48N6O8/c1-2-3-4-6-27-22(32)5-16-39-17-7-26-21-31-14-12-29(19-24(35)36)10-8-28(18-23(33)34)9-11-30(13-15-31)20-25(37)38/h26H,2-21H2,1H3,(H,27,32)(H,33,34)(H,35,36)(H,37,38). The van der Waals surface area contributed by atoms with E-state index in [9.17, 15) is 34.5 Å². The number of carboxylic acids is 3. The summed E-state index contributed by atoms with van der Waals surface area (Å²) in [5, 5.41) is 34.1. The van der Waals surface area contributed by atoms with Crippen LogP contribution in [0.3, 0.4) is 0 Å². The molecule has 1 amide bonds. The van der Waals surface area contributed by atoms with Crippen LogP contribution in [0.25, 0.3) is 0 Å². The predicted molar refractivity (Wildman–Crippen MR) is 145 cm³/mol. The van der Waals surface area contributed by atoms with Gasteiger partial charge < -0.3 is 30.7 Å². The van der Waals surface area contributed by atoms with Gasteiger partial charge in [0.2, 0.25) is 5.91 Å². The van der Waals surface area contributed by atoms with Gasteiger partial charge in [-0.2, -0.15) is 0 Å². The van der Waals surface area contributed by atoms with E-state index in [1.165, 1.54) is 0 Å². The fourth-order valence-electron chi connectivity index (χ4n) is 4.12. The molecule has 0 saturated carbocycles. The molecule has 5 N–H and O–H groups in total. The fourth-order valence-corrected chi connectivity index (χ4v) is 4.12. The van der Waals surface area contributed by atoms with Gasteiger partial charge in [0.05, 0.1) is 32.8 Å². The van der Waals surface area contributed by atoms with Crippen LogP contribution in [0.1, 0.15) is 32.6 Å². The van der Waals surface area contributed by atoms with Crippen LogP contribution in [-0.4, -0.2) is 164 Å². The first-order valence-electron chi connectivity index (χ1n) is 13.8. The maximum atomic E-state index is 11.8. The van der Waals surface area contributed by atoms with Gasteiger partial charge in [0.25, 0.3) is 0 Å². The van der Waals surface area contributed by atoms with Crippen molar-refractivity contribution in [2.24, 2.45) is 0 Å². The zero-order valence-electron chi connectivity index (χ0n) is 23.3. The zero-order chi connectivity index (χ0) is 28.9. The lowest BCUT2D eigenvalue weighted by molar-refractivity contribution is -0.140. The van der Waals surface area contributed by atoms with Crippen LogP contribution in [0.5, 0.6) is 0 Å². The van der Waals surface area contributed by atoms with Crippen molar-refractivity contribution in [3.05, 3.63) is 0 Å². The first-order chi connectivity index (χ1) is 18.7. The molecular weight excluding hydrogens is 512 g/mol. The highest BCUT2D eigenvalue weighted by Gasteiger charge is 2.20. The number of hydrogen-bond donors (Lipinski definition) is 5. The Balaban J connectivity index is 2.55. The van der Waals surface area contributed by atoms with E-state index in [0.29, 0.717) is 91.8 Å². The molecule has 1 rings (SSSR count). The van der Waals surface area contributed by atoms with E-state index in [1.54, 1.807) is 14.7 Å². The van der Waals surface area contributed by atoms with Gasteiger partial charge in [-0.1, -0.05) is 19.8 Å². The minimum absolute atomic E-state index is 0.0127. The molecule has 1 fully saturated rings. The van der Waals surface area contributed by atoms with Crippen molar-refractivity contribution >= 4 is 23.8 Å². The average Bonchev–Trinajstić information content (AvgIpc) is 2.86. The molecular formula is C25H48N6O8. The first-order valence-corrected chi connectivity index (χ1v) is 13.8. The van der Waals surface area contributed by atoms with Gasteiger partial charge in [0, 0.05) is 78.5 Å². The Morgan fingerprint density at radius 1 is 0.667 bits per heavy atom. The van der Waals surface area contributed by atoms with Crippen molar-refractivity contribution in [2.75, 3.05) is 105 Å². The molecule has 0 radical (unpaired) electrons. The van der Waals surface area contributed by atoms with Crippen LogP contribution in [0.15, 0.2) is 0 Å². The van der Waals surface area contributed by atoms with E-state index < -0.39 is 17.9 Å². The van der Waals surface area contributed by atoms with Gasteiger partial charge in [-0.15, -0.1) is 0 Å². The Bertz CT molecular complexity index is 697. The molecule has 1 aliphatic rings. The average molecular weight is 561 g/mol. The normalized spacial score (nSPS) is 17.3. The van der Waals surface area contributed by atoms with Crippen LogP contribution < -0.4 is 10.6 Å². The van der Waals surface area contributed by atoms with Crippen molar-refractivity contribution in [3.63, 3.8) is 0 Å². The van der Waals surface area contributed by atoms with E-state index in [-0.39, 0.29) is 25.5 Å². The van der Waals surface area contributed by atoms with E-state index in [4.69, 9.17) is 4.74 Å². The number of ether oxygens (including phenoxy) is 1. The summed E-state index contributed by atoms with van der Waals surface area (Å²) in [6.45, 7) is 7.75. The third kappa shape index (κ3) is 19.4. The van der Waals surface area contributed by atoms with Crippen LogP contribution >= 0.6 is 0 Å². The third-order valence-electron chi connectivity index (χ3n) is 6.34. The van der Waals surface area contributed by atoms with E-state index >= 15 is 0 Å². The van der Waals surface area contributed by atoms with E-state index in [1.807, 2.05) is 0 Å². The second-order valence-corrected chi connectivity index (χ2v) is 9.71. The molecule has 14 heteroatoms. The number of carbonyl (C=O) groups is 4. The van der Waals surface area contributed by atoms with Gasteiger partial charge in [-0.3, -0.25) is 38.8 Å². The number of amides is 1. The zero-order valence-corrected chi connectivity index (χ0v) is 23.3. The van der Waals surface area contributed by atoms with Crippen molar-refractivity contribution in [1.29, 1.82) is 0 Å². The van der Waals surface area contributed by atoms with Crippen LogP contribution in [0.2, 0.25) is 0 Å². The summed E-state index contributed by atoms with van der Waals surface area (Å²) in [5.41, 5.74) is 0. The molecule has 0 aromatic heterocycles. The van der Waals surface area contributed by atoms with Crippen LogP contribution in [0.4, 0.5) is 0 Å². The maximum Gasteiger partial charge on any atom is 0.317 e. The number of rotatable bonds is 18. The van der Waals surface area contributed by atoms with Gasteiger partial charge in [-0.05, 0) is 6.42 Å². The SMILES string of the molecule is CCCCCNC(=O)CCOCCNCN1CCN(CC(=O)O)CCN(CC(=O)O)CCN(CC(=O)O)CC1. The summed E-state index contributed by atoms with van der Waals surface area (Å²) in [5.74, 6) is -2.89. The highest BCUT2D eigenvalue weighted by Crippen LogP contribution is 2.01. The molecule has 0 aromatic carbocycles. The van der Waals surface area contributed by atoms with Crippen LogP contribution in [0, 0.1) is 0 Å². The summed E-state index contributed by atoms with van der Waals surface area (Å²) < 4.78 is 5.56. The van der Waals surface area contributed by atoms with Crippen molar-refractivity contribution in [3.8, 4) is 0 Å². The minimum atomic E-state index is -0.983. The van der Waals surface area contributed by atoms with Gasteiger partial charge in [0.15, 0.2) is 0 Å². The van der Waals surface area contributed by atoms with Crippen LogP contribution in [-0.2, 0) is 23.9 Å². The molecule has 0 bridgehead atoms. The monoisotopic (exact) mass is 560 g/mol. The molecule has 0 aromatic rings. The Labute approximate surface area is 231 Å². The van der Waals surface area contributed by atoms with E-state index in [0.717, 1.165) is 19.3 Å². The summed E-state index contributed by atoms with van der Waals surface area (Å²) in [6.07, 6.45) is 3.51. The van der Waals surface area contributed by atoms with Gasteiger partial charge in [-0.25, -0.2) is 0 Å². The molecule has 0 unspecified atom stereocenters. The smallest absolute Gasteiger partial charge is 0.317 e. The second-order valence-electron chi connectivity index (χ2n) is 9.71. The summed E-state index contributed by atoms with van der Waals surface area (Å²) in [6, 6.07) is 0. The Morgan fingerprint density at radius 3 is 1.56 bits per heavy atom. The molecule has 0 spiro atoms. The molecule has 14 nitrogen and oxygen atoms in total. The number of unbranched alkanes of at least 4 members (excludes halogenated alkanes) is 2. The molecule has 39 heavy (non-hydrogen) atoms. The van der Waals surface area contributed by atoms with Gasteiger partial charge in [0.1, 0.15) is 0 Å². The highest BCUT2D eigenvalue weighted by molar-refractivity contribution is 5.75. The van der Waals surface area contributed by atoms with Crippen molar-refractivity contribution in [2.45, 2.75) is 32.6 Å². The topological polar surface area (TPSA) is 175 Å². The van der Waals surface area contributed by atoms with Crippen molar-refractivity contribution in [1.82, 2.24) is 30.2 Å². The first kappa shape index (κ1) is 34.7. The Hall–Kier alpha value is -2.36. The lowest BCUT2D eigenvalue weighted by Gasteiger charge is -2.33. The lowest BCUT2D eigenvalue weighted by Crippen LogP contribution is -2.49. The molecule has 1 aliphatic heterocycles. The number of hydrogen-bond acceptors (Lipinski definition) is 10. The molecule has 1 saturated heterocycles. The van der Waals surface area contributed by atoms with Gasteiger partial charge >= 0.3 is 17.9 Å². The highest BCUT2D eigenvalue weighted by atomic mass is 16.5. The summed E-state index contributed by atoms with van der Waals surface area (Å²) >= 11 is 0. The number of aliphatic carboxylic acids is 3. The number of nitrogens with one attached hydrogen (secondary N) is 2. The second kappa shape index (κ2) is 21.5. The van der Waals surface area contributed by atoms with Crippen molar-refractivity contribution < 1.29 is 39.2 Å². The fraction of sp³-hybridized carbons (Fsp3) is 0.840. The maximum absolute atomic E-state index is 11.8. The lowest BCUT2D eigenvalue weighted by atomic mass is 10.2. The Morgan fingerprint density at radius 2 is 1.13 bits per heavy atom. The number of nitrogens with zero attached hydrogens (tertiary/aromatic N) is 4. The number of carboxylic acid groups (broad SMARTS) is 3. The minimum Gasteiger partial charge on any atom is -0.480 e. The summed E-state index contributed by atoms with van der Waals surface area (Å²) in [4.78, 5) is 53.2. The van der Waals surface area contributed by atoms with E-state index in [2.05, 4.69) is 22.5 Å². The Kier molecular flexibility index (Phi) is 19.1. The largest absolute Gasteiger partial charge is 0.480 e. The quantitative estimate of drug-likeness (QED) is 0.126. The number of carbonyl (C=O) groups excluding carboxylic acids is 1. The molecule has 1 heterocycles. The third-order valence-corrected chi connectivity index (χ3v) is 6.34. The molecule has 0 aliphatic carbocycles.